The molecule has 0 radical (unpaired) electrons. The van der Waals surface area contributed by atoms with Gasteiger partial charge in [-0.2, -0.15) is 0 Å². The number of nitrogen functional groups attached to an aromatic ring is 1. The molecule has 0 aliphatic heterocycles. The van der Waals surface area contributed by atoms with Gasteiger partial charge in [-0.25, -0.2) is 4.98 Å². The average molecular weight is 207 g/mol. The maximum absolute atomic E-state index is 11.8. The largest absolute Gasteiger partial charge is 0.574 e. The number of pyridine rings is 1. The Hall–Kier alpha value is -1.50. The second kappa shape index (κ2) is 3.70. The van der Waals surface area contributed by atoms with Crippen molar-refractivity contribution in [1.29, 1.82) is 0 Å². The first-order valence-electron chi connectivity index (χ1n) is 3.63. The summed E-state index contributed by atoms with van der Waals surface area (Å²) < 4.78 is 39.2. The number of alkyl halides is 3. The molecule has 0 amide bonds. The molecule has 0 spiro atoms. The van der Waals surface area contributed by atoms with Crippen LogP contribution < -0.4 is 16.2 Å². The number of ether oxygens (including phenoxy) is 1. The van der Waals surface area contributed by atoms with E-state index in [-0.39, 0.29) is 17.8 Å². The first kappa shape index (κ1) is 10.6. The van der Waals surface area contributed by atoms with Gasteiger partial charge in [0.25, 0.3) is 0 Å². The van der Waals surface area contributed by atoms with Crippen molar-refractivity contribution in [3.8, 4) is 5.88 Å². The standard InChI is InChI=1S/C7H8F3N3O/c8-7(9,10)14-6-4(3-11)5(12)1-2-13-6/h1-2H,3,11H2,(H2,12,13). The molecule has 1 rings (SSSR count). The zero-order chi connectivity index (χ0) is 10.8. The van der Waals surface area contributed by atoms with Gasteiger partial charge in [0.1, 0.15) is 0 Å². The molecule has 4 nitrogen and oxygen atoms in total. The highest BCUT2D eigenvalue weighted by Crippen LogP contribution is 2.26. The van der Waals surface area contributed by atoms with E-state index in [4.69, 9.17) is 11.5 Å². The summed E-state index contributed by atoms with van der Waals surface area (Å²) in [5.74, 6) is -0.597. The fourth-order valence-electron chi connectivity index (χ4n) is 0.890. The molecule has 0 saturated heterocycles. The Morgan fingerprint density at radius 3 is 2.57 bits per heavy atom. The second-order valence-electron chi connectivity index (χ2n) is 2.44. The Bertz CT molecular complexity index is 326. The van der Waals surface area contributed by atoms with Crippen molar-refractivity contribution in [3.63, 3.8) is 0 Å². The van der Waals surface area contributed by atoms with Gasteiger partial charge in [-0.05, 0) is 6.07 Å². The van der Waals surface area contributed by atoms with Crippen LogP contribution >= 0.6 is 0 Å². The Kier molecular flexibility index (Phi) is 2.80. The van der Waals surface area contributed by atoms with E-state index < -0.39 is 12.2 Å². The van der Waals surface area contributed by atoms with Crippen molar-refractivity contribution in [2.24, 2.45) is 5.73 Å². The minimum atomic E-state index is -4.79. The van der Waals surface area contributed by atoms with Crippen LogP contribution in [0.1, 0.15) is 5.56 Å². The quantitative estimate of drug-likeness (QED) is 0.759. The number of anilines is 1. The topological polar surface area (TPSA) is 74.2 Å². The Balaban J connectivity index is 3.02. The normalized spacial score (nSPS) is 11.4. The fourth-order valence-corrected chi connectivity index (χ4v) is 0.890. The zero-order valence-corrected chi connectivity index (χ0v) is 7.01. The third kappa shape index (κ3) is 2.49. The highest BCUT2D eigenvalue weighted by atomic mass is 19.4. The van der Waals surface area contributed by atoms with Gasteiger partial charge in [0.2, 0.25) is 5.88 Å². The van der Waals surface area contributed by atoms with Crippen LogP contribution in [0.2, 0.25) is 0 Å². The van der Waals surface area contributed by atoms with Crippen molar-refractivity contribution in [2.45, 2.75) is 12.9 Å². The molecule has 1 aromatic rings. The van der Waals surface area contributed by atoms with Gasteiger partial charge < -0.3 is 16.2 Å². The monoisotopic (exact) mass is 207 g/mol. The summed E-state index contributed by atoms with van der Waals surface area (Å²) in [5.41, 5.74) is 10.8. The van der Waals surface area contributed by atoms with Gasteiger partial charge in [0.05, 0.1) is 5.56 Å². The van der Waals surface area contributed by atoms with Crippen molar-refractivity contribution >= 4 is 5.69 Å². The molecule has 4 N–H and O–H groups in total. The third-order valence-electron chi connectivity index (χ3n) is 1.47. The number of hydrogen-bond donors (Lipinski definition) is 2. The first-order chi connectivity index (χ1) is 6.44. The van der Waals surface area contributed by atoms with Crippen molar-refractivity contribution in [3.05, 3.63) is 17.8 Å². The highest BCUT2D eigenvalue weighted by molar-refractivity contribution is 5.50. The summed E-state index contributed by atoms with van der Waals surface area (Å²) in [4.78, 5) is 3.39. The number of rotatable bonds is 2. The van der Waals surface area contributed by atoms with E-state index in [1.165, 1.54) is 6.07 Å². The van der Waals surface area contributed by atoms with E-state index >= 15 is 0 Å². The van der Waals surface area contributed by atoms with E-state index in [9.17, 15) is 13.2 Å². The number of halogens is 3. The van der Waals surface area contributed by atoms with E-state index in [2.05, 4.69) is 9.72 Å². The first-order valence-corrected chi connectivity index (χ1v) is 3.63. The summed E-state index contributed by atoms with van der Waals surface area (Å²) in [6.07, 6.45) is -3.67. The summed E-state index contributed by atoms with van der Waals surface area (Å²) in [6.45, 7) is -0.162. The van der Waals surface area contributed by atoms with Crippen molar-refractivity contribution < 1.29 is 17.9 Å². The molecule has 0 bridgehead atoms. The molecule has 0 atom stereocenters. The summed E-state index contributed by atoms with van der Waals surface area (Å²) >= 11 is 0. The Labute approximate surface area is 77.7 Å². The lowest BCUT2D eigenvalue weighted by molar-refractivity contribution is -0.276. The van der Waals surface area contributed by atoms with Crippen LogP contribution in [0.15, 0.2) is 12.3 Å². The van der Waals surface area contributed by atoms with E-state index in [1.54, 1.807) is 0 Å². The molecule has 0 aliphatic rings. The predicted molar refractivity (Wildman–Crippen MR) is 43.2 cm³/mol. The molecule has 0 unspecified atom stereocenters. The summed E-state index contributed by atoms with van der Waals surface area (Å²) in [7, 11) is 0. The zero-order valence-electron chi connectivity index (χ0n) is 7.01. The average Bonchev–Trinajstić information content (AvgIpc) is 2.01. The molecule has 78 valence electrons. The van der Waals surface area contributed by atoms with Gasteiger partial charge in [-0.15, -0.1) is 13.2 Å². The highest BCUT2D eigenvalue weighted by Gasteiger charge is 2.33. The van der Waals surface area contributed by atoms with Crippen LogP contribution in [0.5, 0.6) is 5.88 Å². The lowest BCUT2D eigenvalue weighted by Crippen LogP contribution is -2.20. The molecule has 0 fully saturated rings. The second-order valence-corrected chi connectivity index (χ2v) is 2.44. The van der Waals surface area contributed by atoms with Crippen LogP contribution in [-0.2, 0) is 6.54 Å². The van der Waals surface area contributed by atoms with Gasteiger partial charge in [-0.1, -0.05) is 0 Å². The summed E-state index contributed by atoms with van der Waals surface area (Å²) in [5, 5.41) is 0. The van der Waals surface area contributed by atoms with Crippen molar-refractivity contribution in [2.75, 3.05) is 5.73 Å². The van der Waals surface area contributed by atoms with Gasteiger partial charge in [0.15, 0.2) is 0 Å². The minimum Gasteiger partial charge on any atom is -0.398 e. The van der Waals surface area contributed by atoms with Crippen molar-refractivity contribution in [1.82, 2.24) is 4.98 Å². The van der Waals surface area contributed by atoms with Gasteiger partial charge >= 0.3 is 6.36 Å². The smallest absolute Gasteiger partial charge is 0.398 e. The van der Waals surface area contributed by atoms with Gasteiger partial charge in [-0.3, -0.25) is 0 Å². The Morgan fingerprint density at radius 1 is 1.43 bits per heavy atom. The van der Waals surface area contributed by atoms with Crippen LogP contribution in [0.25, 0.3) is 0 Å². The minimum absolute atomic E-state index is 0.0461. The van der Waals surface area contributed by atoms with Crippen LogP contribution in [-0.4, -0.2) is 11.3 Å². The molecule has 0 aromatic carbocycles. The lowest BCUT2D eigenvalue weighted by Gasteiger charge is -2.12. The Morgan fingerprint density at radius 2 is 2.07 bits per heavy atom. The molecular weight excluding hydrogens is 199 g/mol. The number of hydrogen-bond acceptors (Lipinski definition) is 4. The summed E-state index contributed by atoms with van der Waals surface area (Å²) in [6, 6.07) is 1.35. The van der Waals surface area contributed by atoms with E-state index in [0.29, 0.717) is 0 Å². The molecule has 1 aromatic heterocycles. The maximum atomic E-state index is 11.8. The van der Waals surface area contributed by atoms with Crippen LogP contribution in [0.4, 0.5) is 18.9 Å². The molecular formula is C7H8F3N3O. The third-order valence-corrected chi connectivity index (χ3v) is 1.47. The van der Waals surface area contributed by atoms with E-state index in [1.807, 2.05) is 0 Å². The number of nitrogens with zero attached hydrogens (tertiary/aromatic N) is 1. The fraction of sp³-hybridized carbons (Fsp3) is 0.286. The molecule has 0 saturated carbocycles. The van der Waals surface area contributed by atoms with E-state index in [0.717, 1.165) is 6.20 Å². The number of aromatic nitrogens is 1. The van der Waals surface area contributed by atoms with Crippen LogP contribution in [0.3, 0.4) is 0 Å². The maximum Gasteiger partial charge on any atom is 0.574 e. The number of nitrogens with two attached hydrogens (primary N) is 2. The lowest BCUT2D eigenvalue weighted by atomic mass is 10.2. The van der Waals surface area contributed by atoms with Gasteiger partial charge in [0, 0.05) is 18.4 Å². The van der Waals surface area contributed by atoms with Crippen LogP contribution in [0, 0.1) is 0 Å². The predicted octanol–water partition coefficient (Wildman–Crippen LogP) is 1.02. The molecule has 7 heteroatoms. The SMILES string of the molecule is NCc1c(N)ccnc1OC(F)(F)F. The molecule has 1 heterocycles. The molecule has 0 aliphatic carbocycles. The molecule has 14 heavy (non-hydrogen) atoms.